The molecule has 0 aliphatic heterocycles. The van der Waals surface area contributed by atoms with Crippen LogP contribution in [-0.2, 0) is 0 Å². The fourth-order valence-corrected chi connectivity index (χ4v) is 1.52. The molecule has 1 aromatic carbocycles. The van der Waals surface area contributed by atoms with Gasteiger partial charge in [0, 0.05) is 0 Å². The lowest BCUT2D eigenvalue weighted by Crippen LogP contribution is -2.17. The van der Waals surface area contributed by atoms with E-state index in [0.717, 1.165) is 4.68 Å². The second-order valence-electron chi connectivity index (χ2n) is 3.77. The summed E-state index contributed by atoms with van der Waals surface area (Å²) in [7, 11) is 0. The second kappa shape index (κ2) is 5.69. The lowest BCUT2D eigenvalue weighted by molar-refractivity contribution is 0.0868. The number of nitrogens with zero attached hydrogens (tertiary/aromatic N) is 3. The van der Waals surface area contributed by atoms with Crippen molar-refractivity contribution >= 4 is 11.7 Å². The van der Waals surface area contributed by atoms with Crippen LogP contribution in [0.4, 0.5) is 5.82 Å². The fraction of sp³-hybridized carbons (Fsp3) is 0.154. The van der Waals surface area contributed by atoms with Gasteiger partial charge in [0.05, 0.1) is 19.2 Å². The molecule has 0 saturated heterocycles. The molecule has 0 aliphatic carbocycles. The number of nitriles is 1. The molecule has 0 fully saturated rings. The molecule has 0 bridgehead atoms. The zero-order valence-corrected chi connectivity index (χ0v) is 10.1. The lowest BCUT2D eigenvalue weighted by atomic mass is 10.3. The van der Waals surface area contributed by atoms with Gasteiger partial charge < -0.3 is 10.5 Å². The van der Waals surface area contributed by atoms with Gasteiger partial charge in [-0.2, -0.15) is 15.0 Å². The number of ether oxygens (including phenoxy) is 1. The van der Waals surface area contributed by atoms with Gasteiger partial charge in [0.15, 0.2) is 0 Å². The van der Waals surface area contributed by atoms with Gasteiger partial charge >= 0.3 is 0 Å². The smallest absolute Gasteiger partial charge is 0.252 e. The highest BCUT2D eigenvalue weighted by atomic mass is 16.5. The molecular formula is C13H12N4O2. The Balaban J connectivity index is 1.91. The van der Waals surface area contributed by atoms with Crippen molar-refractivity contribution < 1.29 is 9.53 Å². The van der Waals surface area contributed by atoms with E-state index in [1.54, 1.807) is 12.1 Å². The summed E-state index contributed by atoms with van der Waals surface area (Å²) in [4.78, 5) is 11.8. The van der Waals surface area contributed by atoms with Crippen LogP contribution in [0, 0.1) is 11.3 Å². The Labute approximate surface area is 110 Å². The van der Waals surface area contributed by atoms with Crippen molar-refractivity contribution in [1.29, 1.82) is 5.26 Å². The standard InChI is InChI=1S/C13H12N4O2/c14-8-10-9-16-17(13(10)15)12(18)6-7-19-11-4-2-1-3-5-11/h1-5,9H,6-7,15H2. The van der Waals surface area contributed by atoms with Crippen molar-refractivity contribution in [2.24, 2.45) is 0 Å². The number of aromatic nitrogens is 2. The molecule has 0 amide bonds. The van der Waals surface area contributed by atoms with Gasteiger partial charge in [-0.15, -0.1) is 0 Å². The summed E-state index contributed by atoms with van der Waals surface area (Å²) >= 11 is 0. The minimum atomic E-state index is -0.310. The Hall–Kier alpha value is -2.81. The maximum atomic E-state index is 11.8. The first-order valence-electron chi connectivity index (χ1n) is 5.67. The van der Waals surface area contributed by atoms with Gasteiger partial charge in [-0.1, -0.05) is 18.2 Å². The van der Waals surface area contributed by atoms with Crippen LogP contribution in [0.25, 0.3) is 0 Å². The zero-order chi connectivity index (χ0) is 13.7. The summed E-state index contributed by atoms with van der Waals surface area (Å²) in [5.74, 6) is 0.448. The molecule has 0 spiro atoms. The van der Waals surface area contributed by atoms with Crippen molar-refractivity contribution in [3.63, 3.8) is 0 Å². The van der Waals surface area contributed by atoms with Gasteiger partial charge in [0.2, 0.25) is 0 Å². The molecule has 2 aromatic rings. The number of carbonyl (C=O) groups is 1. The molecule has 0 atom stereocenters. The van der Waals surface area contributed by atoms with Crippen LogP contribution < -0.4 is 10.5 Å². The minimum absolute atomic E-state index is 0.0622. The van der Waals surface area contributed by atoms with Gasteiger partial charge in [0.25, 0.3) is 5.91 Å². The molecule has 19 heavy (non-hydrogen) atoms. The van der Waals surface area contributed by atoms with Crippen molar-refractivity contribution in [3.05, 3.63) is 42.1 Å². The number of rotatable bonds is 4. The van der Waals surface area contributed by atoms with Crippen LogP contribution >= 0.6 is 0 Å². The van der Waals surface area contributed by atoms with Crippen LogP contribution in [0.2, 0.25) is 0 Å². The first kappa shape index (κ1) is 12.6. The van der Waals surface area contributed by atoms with E-state index in [1.165, 1.54) is 6.20 Å². The summed E-state index contributed by atoms with van der Waals surface area (Å²) in [6.45, 7) is 0.226. The van der Waals surface area contributed by atoms with E-state index in [4.69, 9.17) is 15.7 Å². The van der Waals surface area contributed by atoms with Gasteiger partial charge in [-0.25, -0.2) is 0 Å². The van der Waals surface area contributed by atoms with Crippen LogP contribution in [0.1, 0.15) is 16.8 Å². The lowest BCUT2D eigenvalue weighted by Gasteiger charge is -2.06. The highest BCUT2D eigenvalue weighted by Crippen LogP contribution is 2.11. The van der Waals surface area contributed by atoms with E-state index in [-0.39, 0.29) is 30.3 Å². The summed E-state index contributed by atoms with van der Waals surface area (Å²) in [6, 6.07) is 11.1. The molecule has 6 nitrogen and oxygen atoms in total. The first-order chi connectivity index (χ1) is 9.22. The molecule has 0 radical (unpaired) electrons. The third kappa shape index (κ3) is 2.90. The Bertz CT molecular complexity index is 613. The summed E-state index contributed by atoms with van der Waals surface area (Å²) in [5, 5.41) is 12.5. The minimum Gasteiger partial charge on any atom is -0.493 e. The number of benzene rings is 1. The maximum Gasteiger partial charge on any atom is 0.252 e. The van der Waals surface area contributed by atoms with Crippen molar-refractivity contribution in [2.75, 3.05) is 12.3 Å². The highest BCUT2D eigenvalue weighted by molar-refractivity contribution is 5.82. The van der Waals surface area contributed by atoms with Crippen LogP contribution in [0.15, 0.2) is 36.5 Å². The molecule has 2 N–H and O–H groups in total. The molecule has 1 heterocycles. The van der Waals surface area contributed by atoms with E-state index in [1.807, 2.05) is 24.3 Å². The average Bonchev–Trinajstić information content (AvgIpc) is 2.81. The summed E-state index contributed by atoms with van der Waals surface area (Å²) < 4.78 is 6.42. The van der Waals surface area contributed by atoms with Gasteiger partial charge in [-0.05, 0) is 12.1 Å². The monoisotopic (exact) mass is 256 g/mol. The first-order valence-corrected chi connectivity index (χ1v) is 5.67. The normalized spacial score (nSPS) is 9.84. The zero-order valence-electron chi connectivity index (χ0n) is 10.1. The van der Waals surface area contributed by atoms with E-state index in [9.17, 15) is 4.79 Å². The third-order valence-corrected chi connectivity index (χ3v) is 2.49. The Morgan fingerprint density at radius 3 is 2.79 bits per heavy atom. The SMILES string of the molecule is N#Cc1cnn(C(=O)CCOc2ccccc2)c1N. The maximum absolute atomic E-state index is 11.8. The Kier molecular flexibility index (Phi) is 3.78. The quantitative estimate of drug-likeness (QED) is 0.893. The summed E-state index contributed by atoms with van der Waals surface area (Å²) in [5.41, 5.74) is 5.81. The average molecular weight is 256 g/mol. The Morgan fingerprint density at radius 2 is 2.16 bits per heavy atom. The topological polar surface area (TPSA) is 93.9 Å². The van der Waals surface area contributed by atoms with Crippen LogP contribution in [0.3, 0.4) is 0 Å². The fourth-order valence-electron chi connectivity index (χ4n) is 1.52. The number of carbonyl (C=O) groups excluding carboxylic acids is 1. The van der Waals surface area contributed by atoms with Gasteiger partial charge in [-0.3, -0.25) is 4.79 Å². The van der Waals surface area contributed by atoms with Crippen LogP contribution in [-0.4, -0.2) is 22.3 Å². The molecule has 0 saturated carbocycles. The Morgan fingerprint density at radius 1 is 1.42 bits per heavy atom. The second-order valence-corrected chi connectivity index (χ2v) is 3.77. The molecule has 2 rings (SSSR count). The molecule has 0 unspecified atom stereocenters. The largest absolute Gasteiger partial charge is 0.493 e. The van der Waals surface area contributed by atoms with E-state index in [0.29, 0.717) is 5.75 Å². The number of anilines is 1. The summed E-state index contributed by atoms with van der Waals surface area (Å²) in [6.07, 6.45) is 1.40. The van der Waals surface area contributed by atoms with E-state index in [2.05, 4.69) is 5.10 Å². The van der Waals surface area contributed by atoms with Crippen molar-refractivity contribution in [1.82, 2.24) is 9.78 Å². The predicted octanol–water partition coefficient (Wildman–Crippen LogP) is 1.45. The number of hydrogen-bond donors (Lipinski definition) is 1. The molecule has 96 valence electrons. The highest BCUT2D eigenvalue weighted by Gasteiger charge is 2.13. The molecule has 0 aliphatic rings. The predicted molar refractivity (Wildman–Crippen MR) is 68.5 cm³/mol. The number of nitrogens with two attached hydrogens (primary N) is 1. The van der Waals surface area contributed by atoms with E-state index < -0.39 is 0 Å². The van der Waals surface area contributed by atoms with Crippen molar-refractivity contribution in [3.8, 4) is 11.8 Å². The molecule has 1 aromatic heterocycles. The van der Waals surface area contributed by atoms with Gasteiger partial charge in [0.1, 0.15) is 23.2 Å². The van der Waals surface area contributed by atoms with Crippen molar-refractivity contribution in [2.45, 2.75) is 6.42 Å². The third-order valence-electron chi connectivity index (χ3n) is 2.49. The molecular weight excluding hydrogens is 244 g/mol. The molecule has 6 heteroatoms. The number of hydrogen-bond acceptors (Lipinski definition) is 5. The number of nitrogen functional groups attached to an aromatic ring is 1. The number of para-hydroxylation sites is 1. The van der Waals surface area contributed by atoms with E-state index >= 15 is 0 Å². The van der Waals surface area contributed by atoms with Crippen LogP contribution in [0.5, 0.6) is 5.75 Å².